The Bertz CT molecular complexity index is 875. The maximum Gasteiger partial charge on any atom is 0.334 e. The van der Waals surface area contributed by atoms with E-state index >= 15 is 0 Å². The topological polar surface area (TPSA) is 70.3 Å². The molecule has 6 heteroatoms. The van der Waals surface area contributed by atoms with Crippen LogP contribution in [0.3, 0.4) is 0 Å². The molecule has 0 fully saturated rings. The number of esters is 1. The highest BCUT2D eigenvalue weighted by molar-refractivity contribution is 5.82. The van der Waals surface area contributed by atoms with E-state index in [-0.39, 0.29) is 17.2 Å². The van der Waals surface area contributed by atoms with Crippen LogP contribution in [0.2, 0.25) is 0 Å². The van der Waals surface area contributed by atoms with E-state index in [0.29, 0.717) is 10.8 Å². The number of hydrogen-bond acceptors (Lipinski definition) is 4. The van der Waals surface area contributed by atoms with E-state index < -0.39 is 12.0 Å². The van der Waals surface area contributed by atoms with Crippen LogP contribution in [0.1, 0.15) is 19.0 Å². The summed E-state index contributed by atoms with van der Waals surface area (Å²) in [6.07, 6.45) is 3.31. The Morgan fingerprint density at radius 2 is 1.62 bits per heavy atom. The summed E-state index contributed by atoms with van der Waals surface area (Å²) in [4.78, 5) is 37.2. The molecule has 0 radical (unpaired) electrons. The molecule has 6 nitrogen and oxygen atoms in total. The number of rotatable bonds is 1. The van der Waals surface area contributed by atoms with Crippen LogP contribution in [0.25, 0.3) is 10.8 Å². The van der Waals surface area contributed by atoms with E-state index in [4.69, 9.17) is 4.74 Å². The first-order valence-electron chi connectivity index (χ1n) is 6.58. The highest BCUT2D eigenvalue weighted by Crippen LogP contribution is 2.20. The Labute approximate surface area is 119 Å². The number of ether oxygens (including phenoxy) is 1. The Hall–Kier alpha value is -2.63. The van der Waals surface area contributed by atoms with Gasteiger partial charge in [-0.2, -0.15) is 0 Å². The second-order valence-corrected chi connectivity index (χ2v) is 4.94. The molecule has 2 aromatic rings. The number of allylic oxidation sites excluding steroid dienone is 1. The SMILES string of the molecule is COC(=O)[C@@H]1C=C[C@@H](C)n2c(=O)c3ccccc3c(=O)n21. The van der Waals surface area contributed by atoms with Crippen LogP contribution in [0.4, 0.5) is 0 Å². The first-order valence-corrected chi connectivity index (χ1v) is 6.58. The molecule has 2 atom stereocenters. The molecule has 0 N–H and O–H groups in total. The fourth-order valence-corrected chi connectivity index (χ4v) is 2.67. The summed E-state index contributed by atoms with van der Waals surface area (Å²) in [7, 11) is 1.25. The number of carbonyl (C=O) groups is 1. The predicted octanol–water partition coefficient (Wildman–Crippen LogP) is 1.01. The lowest BCUT2D eigenvalue weighted by molar-refractivity contribution is -0.143. The molecule has 0 amide bonds. The highest BCUT2D eigenvalue weighted by Gasteiger charge is 2.29. The lowest BCUT2D eigenvalue weighted by atomic mass is 10.1. The second-order valence-electron chi connectivity index (χ2n) is 4.94. The van der Waals surface area contributed by atoms with Gasteiger partial charge in [-0.1, -0.05) is 24.3 Å². The number of carbonyl (C=O) groups excluding carboxylic acids is 1. The Balaban J connectivity index is 2.46. The van der Waals surface area contributed by atoms with Gasteiger partial charge < -0.3 is 4.74 Å². The largest absolute Gasteiger partial charge is 0.467 e. The molecule has 0 saturated carbocycles. The summed E-state index contributed by atoms with van der Waals surface area (Å²) in [6, 6.07) is 5.37. The van der Waals surface area contributed by atoms with Crippen LogP contribution < -0.4 is 11.1 Å². The van der Waals surface area contributed by atoms with Crippen molar-refractivity contribution in [3.63, 3.8) is 0 Å². The number of hydrogen-bond donors (Lipinski definition) is 0. The van der Waals surface area contributed by atoms with Gasteiger partial charge in [0.1, 0.15) is 0 Å². The molecule has 1 aliphatic heterocycles. The Morgan fingerprint density at radius 3 is 2.19 bits per heavy atom. The van der Waals surface area contributed by atoms with E-state index in [1.54, 1.807) is 43.3 Å². The zero-order valence-corrected chi connectivity index (χ0v) is 11.6. The maximum absolute atomic E-state index is 12.7. The van der Waals surface area contributed by atoms with Crippen molar-refractivity contribution in [2.75, 3.05) is 7.11 Å². The average Bonchev–Trinajstić information content (AvgIpc) is 2.51. The van der Waals surface area contributed by atoms with E-state index in [1.165, 1.54) is 16.5 Å². The molecule has 0 spiro atoms. The number of nitrogens with zero attached hydrogens (tertiary/aromatic N) is 2. The van der Waals surface area contributed by atoms with Gasteiger partial charge in [-0.25, -0.2) is 14.2 Å². The highest BCUT2D eigenvalue weighted by atomic mass is 16.5. The maximum atomic E-state index is 12.7. The molecule has 2 heterocycles. The number of methoxy groups -OCH3 is 1. The second kappa shape index (κ2) is 4.73. The van der Waals surface area contributed by atoms with Crippen molar-refractivity contribution >= 4 is 16.7 Å². The van der Waals surface area contributed by atoms with E-state index in [0.717, 1.165) is 0 Å². The fourth-order valence-electron chi connectivity index (χ4n) is 2.67. The molecule has 21 heavy (non-hydrogen) atoms. The van der Waals surface area contributed by atoms with Crippen LogP contribution in [-0.2, 0) is 9.53 Å². The zero-order valence-electron chi connectivity index (χ0n) is 11.6. The quantitative estimate of drug-likeness (QED) is 0.579. The third-order valence-corrected chi connectivity index (χ3v) is 3.70. The first kappa shape index (κ1) is 13.4. The molecule has 1 aromatic heterocycles. The molecule has 0 unspecified atom stereocenters. The van der Waals surface area contributed by atoms with Crippen LogP contribution in [0.5, 0.6) is 0 Å². The minimum absolute atomic E-state index is 0.295. The van der Waals surface area contributed by atoms with Crippen molar-refractivity contribution in [2.24, 2.45) is 0 Å². The molecule has 0 bridgehead atoms. The van der Waals surface area contributed by atoms with Crippen LogP contribution in [-0.4, -0.2) is 22.4 Å². The summed E-state index contributed by atoms with van der Waals surface area (Å²) in [5, 5.41) is 0.652. The summed E-state index contributed by atoms with van der Waals surface area (Å²) < 4.78 is 7.22. The average molecular weight is 286 g/mol. The molecular weight excluding hydrogens is 272 g/mol. The molecule has 0 saturated heterocycles. The lowest BCUT2D eigenvalue weighted by Gasteiger charge is -2.27. The fraction of sp³-hybridized carbons (Fsp3) is 0.267. The third-order valence-electron chi connectivity index (χ3n) is 3.70. The predicted molar refractivity (Wildman–Crippen MR) is 77.4 cm³/mol. The van der Waals surface area contributed by atoms with Crippen molar-refractivity contribution in [1.82, 2.24) is 9.36 Å². The van der Waals surface area contributed by atoms with Gasteiger partial charge in [0, 0.05) is 0 Å². The number of aromatic nitrogens is 2. The summed E-state index contributed by atoms with van der Waals surface area (Å²) >= 11 is 0. The van der Waals surface area contributed by atoms with Gasteiger partial charge in [0.2, 0.25) is 0 Å². The van der Waals surface area contributed by atoms with Gasteiger partial charge in [-0.05, 0) is 19.1 Å². The molecule has 3 rings (SSSR count). The molecular formula is C15H14N2O4. The minimum atomic E-state index is -0.920. The van der Waals surface area contributed by atoms with Gasteiger partial charge in [0.05, 0.1) is 23.9 Å². The van der Waals surface area contributed by atoms with Gasteiger partial charge in [0.25, 0.3) is 11.1 Å². The standard InChI is InChI=1S/C15H14N2O4/c1-9-7-8-12(15(20)21-2)17-14(19)11-6-4-3-5-10(11)13(18)16(9)17/h3-9,12H,1-2H3/t9-,12+/m1/s1. The lowest BCUT2D eigenvalue weighted by Crippen LogP contribution is -2.45. The molecule has 108 valence electrons. The van der Waals surface area contributed by atoms with Crippen molar-refractivity contribution in [2.45, 2.75) is 19.0 Å². The van der Waals surface area contributed by atoms with Crippen molar-refractivity contribution < 1.29 is 9.53 Å². The van der Waals surface area contributed by atoms with Crippen molar-refractivity contribution in [3.05, 3.63) is 57.1 Å². The van der Waals surface area contributed by atoms with Gasteiger partial charge in [-0.3, -0.25) is 9.59 Å². The van der Waals surface area contributed by atoms with Gasteiger partial charge in [0.15, 0.2) is 6.04 Å². The number of benzene rings is 1. The number of fused-ring (bicyclic) bond motifs is 2. The Morgan fingerprint density at radius 1 is 1.05 bits per heavy atom. The summed E-state index contributed by atoms with van der Waals surface area (Å²) in [6.45, 7) is 1.79. The summed E-state index contributed by atoms with van der Waals surface area (Å²) in [5.74, 6) is -0.580. The normalized spacial score (nSPS) is 20.3. The van der Waals surface area contributed by atoms with Crippen molar-refractivity contribution in [1.29, 1.82) is 0 Å². The van der Waals surface area contributed by atoms with Gasteiger partial charge in [-0.15, -0.1) is 0 Å². The minimum Gasteiger partial charge on any atom is -0.467 e. The smallest absolute Gasteiger partial charge is 0.334 e. The zero-order chi connectivity index (χ0) is 15.1. The van der Waals surface area contributed by atoms with E-state index in [2.05, 4.69) is 0 Å². The molecule has 0 aliphatic carbocycles. The van der Waals surface area contributed by atoms with Crippen molar-refractivity contribution in [3.8, 4) is 0 Å². The third kappa shape index (κ3) is 1.83. The van der Waals surface area contributed by atoms with E-state index in [1.807, 2.05) is 0 Å². The van der Waals surface area contributed by atoms with E-state index in [9.17, 15) is 14.4 Å². The monoisotopic (exact) mass is 286 g/mol. The summed E-state index contributed by atoms with van der Waals surface area (Å²) in [5.41, 5.74) is -0.673. The first-order chi connectivity index (χ1) is 10.1. The molecule has 1 aliphatic rings. The van der Waals surface area contributed by atoms with Gasteiger partial charge >= 0.3 is 5.97 Å². The Kier molecular flexibility index (Phi) is 3.01. The van der Waals surface area contributed by atoms with Crippen LogP contribution >= 0.6 is 0 Å². The van der Waals surface area contributed by atoms with Crippen LogP contribution in [0, 0.1) is 0 Å². The molecule has 1 aromatic carbocycles. The van der Waals surface area contributed by atoms with Crippen LogP contribution in [0.15, 0.2) is 46.0 Å².